The summed E-state index contributed by atoms with van der Waals surface area (Å²) in [6, 6.07) is 0. The van der Waals surface area contributed by atoms with E-state index >= 15 is 0 Å². The molecular weight excluding hydrogens is 440 g/mol. The highest BCUT2D eigenvalue weighted by Crippen LogP contribution is 2.68. The van der Waals surface area contributed by atoms with Crippen LogP contribution in [0, 0.1) is 28.6 Å². The molecule has 0 amide bonds. The number of carbonyl (C=O) groups is 4. The molecule has 0 spiro atoms. The van der Waals surface area contributed by atoms with Gasteiger partial charge >= 0.3 is 11.9 Å². The fraction of sp³-hybridized carbons (Fsp3) is 0.692. The predicted molar refractivity (Wildman–Crippen MR) is 120 cm³/mol. The van der Waals surface area contributed by atoms with Gasteiger partial charge in [0.05, 0.1) is 18.9 Å². The second-order valence-electron chi connectivity index (χ2n) is 11.0. The first-order chi connectivity index (χ1) is 15.8. The Hall–Kier alpha value is -2.32. The van der Waals surface area contributed by atoms with Crippen molar-refractivity contribution in [1.29, 1.82) is 0 Å². The van der Waals surface area contributed by atoms with E-state index in [9.17, 15) is 29.4 Å². The van der Waals surface area contributed by atoms with E-state index in [4.69, 9.17) is 9.84 Å². The molecule has 4 aliphatic carbocycles. The Bertz CT molecular complexity index is 995. The Balaban J connectivity index is 1.56. The number of rotatable bonds is 6. The number of carboxylic acids is 1. The number of fused-ring (bicyclic) bond motifs is 5. The maximum Gasteiger partial charge on any atom is 0.306 e. The van der Waals surface area contributed by atoms with E-state index in [0.717, 1.165) is 24.0 Å². The lowest BCUT2D eigenvalue weighted by atomic mass is 9.45. The Morgan fingerprint density at radius 3 is 2.53 bits per heavy atom. The Labute approximate surface area is 199 Å². The number of esters is 1. The standard InChI is InChI=1S/C26H34O8/c1-14-10-16(27)11-15-4-5-17-18-8-9-26(33,20(29)13-34-22(32)7-6-21(30)31)24(18,2)12-19(28)23(17)25(14,15)3/h10-11,17-19,23,28,33H,4-9,12-13H2,1-3H3,(H,30,31)/t17-,18-,19-,23+,24-,25-,26-/m0/s1. The molecule has 4 rings (SSSR count). The van der Waals surface area contributed by atoms with Crippen LogP contribution in [0.3, 0.4) is 0 Å². The maximum absolute atomic E-state index is 13.1. The minimum atomic E-state index is -1.73. The van der Waals surface area contributed by atoms with Gasteiger partial charge in [-0.1, -0.05) is 25.0 Å². The van der Waals surface area contributed by atoms with Crippen LogP contribution < -0.4 is 0 Å². The molecular formula is C26H34O8. The number of Topliss-reactive ketones (excluding diaryl/α,β-unsaturated/α-hetero) is 1. The van der Waals surface area contributed by atoms with Crippen LogP contribution in [0.15, 0.2) is 23.3 Å². The molecule has 3 saturated carbocycles. The molecule has 0 heterocycles. The number of carboxylic acid groups (broad SMARTS) is 1. The van der Waals surface area contributed by atoms with Crippen LogP contribution in [-0.2, 0) is 23.9 Å². The second kappa shape index (κ2) is 8.41. The second-order valence-corrected chi connectivity index (χ2v) is 11.0. The minimum absolute atomic E-state index is 0.00126. The number of hydrogen-bond acceptors (Lipinski definition) is 7. The van der Waals surface area contributed by atoms with Gasteiger partial charge in [0.15, 0.2) is 12.4 Å². The van der Waals surface area contributed by atoms with Crippen molar-refractivity contribution < 1.29 is 39.2 Å². The van der Waals surface area contributed by atoms with Gasteiger partial charge in [0, 0.05) is 16.7 Å². The van der Waals surface area contributed by atoms with Gasteiger partial charge < -0.3 is 20.1 Å². The van der Waals surface area contributed by atoms with Gasteiger partial charge in [-0.05, 0) is 63.0 Å². The molecule has 0 unspecified atom stereocenters. The third-order valence-corrected chi connectivity index (χ3v) is 9.55. The molecule has 7 atom stereocenters. The number of carbonyl (C=O) groups excluding carboxylic acids is 3. The molecule has 0 radical (unpaired) electrons. The molecule has 3 N–H and O–H groups in total. The van der Waals surface area contributed by atoms with Gasteiger partial charge in [-0.15, -0.1) is 0 Å². The van der Waals surface area contributed by atoms with Crippen LogP contribution >= 0.6 is 0 Å². The van der Waals surface area contributed by atoms with Crippen LogP contribution in [-0.4, -0.2) is 57.1 Å². The summed E-state index contributed by atoms with van der Waals surface area (Å²) >= 11 is 0. The summed E-state index contributed by atoms with van der Waals surface area (Å²) in [4.78, 5) is 47.7. The predicted octanol–water partition coefficient (Wildman–Crippen LogP) is 2.36. The molecule has 34 heavy (non-hydrogen) atoms. The number of allylic oxidation sites excluding steroid dienone is 4. The van der Waals surface area contributed by atoms with Crippen molar-refractivity contribution in [2.45, 2.75) is 77.4 Å². The number of hydrogen-bond donors (Lipinski definition) is 3. The third-order valence-electron chi connectivity index (χ3n) is 9.55. The molecule has 0 aromatic carbocycles. The van der Waals surface area contributed by atoms with Crippen LogP contribution in [0.4, 0.5) is 0 Å². The van der Waals surface area contributed by atoms with E-state index in [0.29, 0.717) is 6.42 Å². The van der Waals surface area contributed by atoms with Crippen molar-refractivity contribution in [2.24, 2.45) is 28.6 Å². The van der Waals surface area contributed by atoms with Crippen LogP contribution in [0.25, 0.3) is 0 Å². The smallest absolute Gasteiger partial charge is 0.306 e. The van der Waals surface area contributed by atoms with E-state index in [1.807, 2.05) is 13.8 Å². The normalized spacial score (nSPS) is 40.9. The summed E-state index contributed by atoms with van der Waals surface area (Å²) in [5.74, 6) is -2.58. The minimum Gasteiger partial charge on any atom is -0.481 e. The van der Waals surface area contributed by atoms with Crippen molar-refractivity contribution >= 4 is 23.5 Å². The van der Waals surface area contributed by atoms with E-state index in [1.165, 1.54) is 0 Å². The van der Waals surface area contributed by atoms with Crippen LogP contribution in [0.2, 0.25) is 0 Å². The quantitative estimate of drug-likeness (QED) is 0.499. The first-order valence-corrected chi connectivity index (χ1v) is 12.1. The summed E-state index contributed by atoms with van der Waals surface area (Å²) < 4.78 is 4.98. The molecule has 4 aliphatic rings. The Morgan fingerprint density at radius 1 is 1.15 bits per heavy atom. The van der Waals surface area contributed by atoms with Gasteiger partial charge in [0.25, 0.3) is 0 Å². The molecule has 0 saturated heterocycles. The molecule has 186 valence electrons. The van der Waals surface area contributed by atoms with Gasteiger partial charge in [-0.25, -0.2) is 0 Å². The maximum atomic E-state index is 13.1. The van der Waals surface area contributed by atoms with Gasteiger partial charge in [0.1, 0.15) is 5.60 Å². The topological polar surface area (TPSA) is 138 Å². The lowest BCUT2D eigenvalue weighted by Gasteiger charge is -2.60. The molecule has 0 aromatic heterocycles. The first-order valence-electron chi connectivity index (χ1n) is 12.1. The Kier molecular flexibility index (Phi) is 6.13. The van der Waals surface area contributed by atoms with Crippen LogP contribution in [0.1, 0.15) is 65.7 Å². The SMILES string of the molecule is CC1=CC(=O)C=C2CC[C@@H]3[C@H]([C@@H](O)C[C@@]4(C)[C@H]3CC[C@]4(O)C(=O)COC(=O)CCC(=O)O)[C@@]12C. The van der Waals surface area contributed by atoms with Crippen molar-refractivity contribution in [2.75, 3.05) is 6.61 Å². The zero-order valence-corrected chi connectivity index (χ0v) is 20.0. The summed E-state index contributed by atoms with van der Waals surface area (Å²) in [6.45, 7) is 5.29. The largest absolute Gasteiger partial charge is 0.481 e. The van der Waals surface area contributed by atoms with Gasteiger partial charge in [-0.3, -0.25) is 19.2 Å². The van der Waals surface area contributed by atoms with Crippen molar-refractivity contribution in [3.63, 3.8) is 0 Å². The highest BCUT2D eigenvalue weighted by atomic mass is 16.5. The lowest BCUT2D eigenvalue weighted by molar-refractivity contribution is -0.181. The van der Waals surface area contributed by atoms with Crippen LogP contribution in [0.5, 0.6) is 0 Å². The summed E-state index contributed by atoms with van der Waals surface area (Å²) in [5.41, 5.74) is -1.04. The summed E-state index contributed by atoms with van der Waals surface area (Å²) in [5, 5.41) is 31.8. The number of aliphatic hydroxyl groups excluding tert-OH is 1. The van der Waals surface area contributed by atoms with Crippen molar-refractivity contribution in [1.82, 2.24) is 0 Å². The van der Waals surface area contributed by atoms with E-state index in [1.54, 1.807) is 12.2 Å². The number of ketones is 2. The average molecular weight is 475 g/mol. The molecule has 0 aliphatic heterocycles. The monoisotopic (exact) mass is 474 g/mol. The third kappa shape index (κ3) is 3.57. The number of aliphatic carboxylic acids is 1. The van der Waals surface area contributed by atoms with Crippen molar-refractivity contribution in [3.8, 4) is 0 Å². The molecule has 8 nitrogen and oxygen atoms in total. The molecule has 8 heteroatoms. The van der Waals surface area contributed by atoms with E-state index in [-0.39, 0.29) is 49.2 Å². The zero-order chi connectivity index (χ0) is 25.1. The summed E-state index contributed by atoms with van der Waals surface area (Å²) in [7, 11) is 0. The van der Waals surface area contributed by atoms with Gasteiger partial charge in [-0.2, -0.15) is 0 Å². The summed E-state index contributed by atoms with van der Waals surface area (Å²) in [6.07, 6.45) is 4.45. The zero-order valence-electron chi connectivity index (χ0n) is 20.0. The van der Waals surface area contributed by atoms with Gasteiger partial charge in [0.2, 0.25) is 5.78 Å². The lowest BCUT2D eigenvalue weighted by Crippen LogP contribution is -2.62. The number of aliphatic hydroxyl groups is 2. The Morgan fingerprint density at radius 2 is 1.85 bits per heavy atom. The van der Waals surface area contributed by atoms with E-state index < -0.39 is 46.9 Å². The average Bonchev–Trinajstić information content (AvgIpc) is 3.02. The molecule has 0 bridgehead atoms. The molecule has 0 aromatic rings. The fourth-order valence-electron chi connectivity index (χ4n) is 7.69. The van der Waals surface area contributed by atoms with Crippen molar-refractivity contribution in [3.05, 3.63) is 23.3 Å². The highest BCUT2D eigenvalue weighted by molar-refractivity contribution is 6.02. The molecule has 3 fully saturated rings. The highest BCUT2D eigenvalue weighted by Gasteiger charge is 2.68. The first kappa shape index (κ1) is 24.8. The fourth-order valence-corrected chi connectivity index (χ4v) is 7.69. The number of ether oxygens (including phenoxy) is 1. The van der Waals surface area contributed by atoms with E-state index in [2.05, 4.69) is 6.92 Å².